The van der Waals surface area contributed by atoms with E-state index in [1.54, 1.807) is 6.07 Å². The predicted molar refractivity (Wildman–Crippen MR) is 113 cm³/mol. The number of nitrogens with zero attached hydrogens (tertiary/aromatic N) is 6. The first-order valence-electron chi connectivity index (χ1n) is 9.26. The van der Waals surface area contributed by atoms with Crippen molar-refractivity contribution in [2.75, 3.05) is 11.1 Å². The molecule has 0 saturated heterocycles. The van der Waals surface area contributed by atoms with Crippen LogP contribution in [0.2, 0.25) is 5.02 Å². The van der Waals surface area contributed by atoms with Crippen LogP contribution in [0.1, 0.15) is 36.5 Å². The van der Waals surface area contributed by atoms with Gasteiger partial charge in [-0.25, -0.2) is 27.7 Å². The van der Waals surface area contributed by atoms with Gasteiger partial charge in [0.25, 0.3) is 12.0 Å². The fraction of sp³-hybridized carbons (Fsp3) is 0.158. The summed E-state index contributed by atoms with van der Waals surface area (Å²) >= 11 is 6.13. The Labute approximate surface area is 187 Å². The number of hydrogen-bond donors (Lipinski definition) is 3. The van der Waals surface area contributed by atoms with Crippen molar-refractivity contribution in [2.24, 2.45) is 0 Å². The van der Waals surface area contributed by atoms with E-state index in [1.807, 2.05) is 0 Å². The number of nitrogens with one attached hydrogen (secondary N) is 2. The lowest BCUT2D eigenvalue weighted by Crippen LogP contribution is -2.28. The summed E-state index contributed by atoms with van der Waals surface area (Å²) in [6.45, 7) is 1.50. The molecule has 0 radical (unpaired) electrons. The van der Waals surface area contributed by atoms with Crippen LogP contribution in [0.25, 0.3) is 16.7 Å². The number of aromatic nitrogens is 6. The van der Waals surface area contributed by atoms with E-state index >= 15 is 0 Å². The van der Waals surface area contributed by atoms with Gasteiger partial charge in [0, 0.05) is 12.3 Å². The van der Waals surface area contributed by atoms with Crippen LogP contribution in [-0.2, 0) is 0 Å². The third-order valence-corrected chi connectivity index (χ3v) is 4.99. The van der Waals surface area contributed by atoms with Crippen LogP contribution < -0.4 is 16.6 Å². The largest absolute Gasteiger partial charge is 0.368 e. The highest BCUT2D eigenvalue weighted by Crippen LogP contribution is 2.29. The standard InChI is InChI=1S/C19H13ClF3N9O/c1-7(27-16-8(6-24)13(15(22)23)29-19(25)30-16)17-28-14-10(21)3-2-9(20)12(14)18(33)32(17)11-4-5-26-31-11/h2-5,7,15H,1H3,(H,26,31)(H3,25,27,29,30). The number of alkyl halides is 2. The third-order valence-electron chi connectivity index (χ3n) is 4.68. The highest BCUT2D eigenvalue weighted by molar-refractivity contribution is 6.35. The lowest BCUT2D eigenvalue weighted by atomic mass is 10.2. The molecule has 14 heteroatoms. The maximum Gasteiger partial charge on any atom is 0.281 e. The Morgan fingerprint density at radius 1 is 1.27 bits per heavy atom. The first kappa shape index (κ1) is 22.0. The number of aromatic amines is 1. The van der Waals surface area contributed by atoms with Crippen molar-refractivity contribution in [3.8, 4) is 11.9 Å². The zero-order chi connectivity index (χ0) is 23.9. The van der Waals surface area contributed by atoms with Gasteiger partial charge >= 0.3 is 0 Å². The fourth-order valence-corrected chi connectivity index (χ4v) is 3.49. The van der Waals surface area contributed by atoms with E-state index in [2.05, 4.69) is 30.5 Å². The molecule has 3 aromatic heterocycles. The van der Waals surface area contributed by atoms with Crippen LogP contribution in [-0.4, -0.2) is 29.7 Å². The lowest BCUT2D eigenvalue weighted by molar-refractivity contribution is 0.146. The van der Waals surface area contributed by atoms with E-state index in [0.29, 0.717) is 0 Å². The van der Waals surface area contributed by atoms with Crippen molar-refractivity contribution in [1.29, 1.82) is 5.26 Å². The summed E-state index contributed by atoms with van der Waals surface area (Å²) in [4.78, 5) is 24.8. The summed E-state index contributed by atoms with van der Waals surface area (Å²) in [5, 5.41) is 18.5. The van der Waals surface area contributed by atoms with E-state index in [9.17, 15) is 23.2 Å². The summed E-state index contributed by atoms with van der Waals surface area (Å²) in [6.07, 6.45) is -1.63. The molecule has 4 rings (SSSR count). The van der Waals surface area contributed by atoms with E-state index in [-0.39, 0.29) is 33.4 Å². The molecule has 1 atom stereocenters. The molecule has 4 N–H and O–H groups in total. The quantitative estimate of drug-likeness (QED) is 0.398. The smallest absolute Gasteiger partial charge is 0.281 e. The number of fused-ring (bicyclic) bond motifs is 1. The van der Waals surface area contributed by atoms with Crippen molar-refractivity contribution in [2.45, 2.75) is 19.4 Å². The monoisotopic (exact) mass is 475 g/mol. The number of nitrogens with two attached hydrogens (primary N) is 1. The number of hydrogen-bond acceptors (Lipinski definition) is 8. The van der Waals surface area contributed by atoms with Gasteiger partial charge in [-0.3, -0.25) is 9.89 Å². The van der Waals surface area contributed by atoms with Gasteiger partial charge in [0.2, 0.25) is 5.95 Å². The summed E-state index contributed by atoms with van der Waals surface area (Å²) in [6, 6.07) is 4.41. The van der Waals surface area contributed by atoms with Crippen molar-refractivity contribution in [3.05, 3.63) is 62.7 Å². The molecule has 33 heavy (non-hydrogen) atoms. The molecule has 1 unspecified atom stereocenters. The Morgan fingerprint density at radius 3 is 2.67 bits per heavy atom. The minimum absolute atomic E-state index is 0.0164. The van der Waals surface area contributed by atoms with E-state index in [0.717, 1.165) is 10.6 Å². The Balaban J connectivity index is 1.94. The summed E-state index contributed by atoms with van der Waals surface area (Å²) in [5.41, 5.74) is 3.13. The minimum atomic E-state index is -3.09. The molecule has 1 aromatic carbocycles. The van der Waals surface area contributed by atoms with Gasteiger partial charge in [0.15, 0.2) is 11.6 Å². The normalized spacial score (nSPS) is 12.2. The molecule has 0 aliphatic carbocycles. The molecule has 4 aromatic rings. The zero-order valence-electron chi connectivity index (χ0n) is 16.6. The maximum absolute atomic E-state index is 14.5. The highest BCUT2D eigenvalue weighted by Gasteiger charge is 2.25. The third kappa shape index (κ3) is 3.80. The van der Waals surface area contributed by atoms with Crippen LogP contribution in [0, 0.1) is 17.1 Å². The van der Waals surface area contributed by atoms with Crippen LogP contribution >= 0.6 is 11.6 Å². The number of nitriles is 1. The molecule has 3 heterocycles. The van der Waals surface area contributed by atoms with E-state index in [4.69, 9.17) is 17.3 Å². The molecule has 0 fully saturated rings. The van der Waals surface area contributed by atoms with Gasteiger partial charge in [-0.1, -0.05) is 11.6 Å². The average molecular weight is 476 g/mol. The Bertz CT molecular complexity index is 1460. The molecule has 168 valence electrons. The summed E-state index contributed by atoms with van der Waals surface area (Å²) in [5.74, 6) is -1.52. The van der Waals surface area contributed by atoms with Crippen LogP contribution in [0.4, 0.5) is 24.9 Å². The molecule has 0 spiro atoms. The van der Waals surface area contributed by atoms with Crippen molar-refractivity contribution in [3.63, 3.8) is 0 Å². The molecule has 0 aliphatic rings. The average Bonchev–Trinajstić information content (AvgIpc) is 3.29. The van der Waals surface area contributed by atoms with Gasteiger partial charge in [-0.05, 0) is 19.1 Å². The first-order chi connectivity index (χ1) is 15.7. The molecule has 0 bridgehead atoms. The molecule has 0 aliphatic heterocycles. The second-order valence-electron chi connectivity index (χ2n) is 6.76. The summed E-state index contributed by atoms with van der Waals surface area (Å²) < 4.78 is 42.3. The SMILES string of the molecule is CC(Nc1nc(N)nc(C(F)F)c1C#N)c1nc2c(F)ccc(Cl)c2c(=O)n1-c1cc[nH]n1. The molecule has 0 amide bonds. The number of H-pyrrole nitrogens is 1. The molecule has 0 saturated carbocycles. The van der Waals surface area contributed by atoms with Gasteiger partial charge in [0.05, 0.1) is 16.5 Å². The summed E-state index contributed by atoms with van der Waals surface area (Å²) in [7, 11) is 0. The highest BCUT2D eigenvalue weighted by atomic mass is 35.5. The minimum Gasteiger partial charge on any atom is -0.368 e. The van der Waals surface area contributed by atoms with Crippen molar-refractivity contribution < 1.29 is 13.2 Å². The topological polar surface area (TPSA) is 151 Å². The van der Waals surface area contributed by atoms with Gasteiger partial charge in [-0.15, -0.1) is 0 Å². The number of benzene rings is 1. The molecule has 10 nitrogen and oxygen atoms in total. The molecular weight excluding hydrogens is 463 g/mol. The first-order valence-corrected chi connectivity index (χ1v) is 9.63. The van der Waals surface area contributed by atoms with Crippen LogP contribution in [0.3, 0.4) is 0 Å². The Hall–Kier alpha value is -4.18. The fourth-order valence-electron chi connectivity index (χ4n) is 3.26. The van der Waals surface area contributed by atoms with Crippen LogP contribution in [0.5, 0.6) is 0 Å². The second-order valence-corrected chi connectivity index (χ2v) is 7.17. The van der Waals surface area contributed by atoms with E-state index < -0.39 is 41.0 Å². The zero-order valence-corrected chi connectivity index (χ0v) is 17.4. The lowest BCUT2D eigenvalue weighted by Gasteiger charge is -2.20. The maximum atomic E-state index is 14.5. The van der Waals surface area contributed by atoms with Gasteiger partial charge in [0.1, 0.15) is 34.5 Å². The van der Waals surface area contributed by atoms with Gasteiger partial charge in [-0.2, -0.15) is 15.3 Å². The molecular formula is C19H13ClF3N9O. The van der Waals surface area contributed by atoms with Crippen molar-refractivity contribution in [1.82, 2.24) is 29.7 Å². The predicted octanol–water partition coefficient (Wildman–Crippen LogP) is 3.26. The number of rotatable bonds is 5. The second kappa shape index (κ2) is 8.40. The number of halogens is 4. The van der Waals surface area contributed by atoms with Gasteiger partial charge < -0.3 is 11.1 Å². The number of anilines is 2. The Morgan fingerprint density at radius 2 is 2.03 bits per heavy atom. The van der Waals surface area contributed by atoms with E-state index in [1.165, 1.54) is 25.3 Å². The van der Waals surface area contributed by atoms with Crippen molar-refractivity contribution >= 4 is 34.3 Å². The Kier molecular flexibility index (Phi) is 5.60. The number of nitrogen functional groups attached to an aromatic ring is 1. The van der Waals surface area contributed by atoms with Crippen LogP contribution in [0.15, 0.2) is 29.2 Å².